The quantitative estimate of drug-likeness (QED) is 0.824. The molecule has 2 rings (SSSR count). The van der Waals surface area contributed by atoms with Crippen LogP contribution in [0.15, 0.2) is 30.6 Å². The molecule has 0 bridgehead atoms. The van der Waals surface area contributed by atoms with E-state index in [1.807, 2.05) is 25.1 Å². The SMILES string of the molecule is CC(=O)CCc1nc(C)cc(-c2ccncc2)n1. The maximum Gasteiger partial charge on any atom is 0.130 e. The first-order valence-corrected chi connectivity index (χ1v) is 5.89. The number of hydrogen-bond donors (Lipinski definition) is 0. The van der Waals surface area contributed by atoms with Gasteiger partial charge in [-0.05, 0) is 32.0 Å². The Morgan fingerprint density at radius 3 is 2.61 bits per heavy atom. The maximum atomic E-state index is 11.0. The molecule has 0 aromatic carbocycles. The first-order chi connectivity index (χ1) is 8.65. The van der Waals surface area contributed by atoms with E-state index in [4.69, 9.17) is 0 Å². The van der Waals surface area contributed by atoms with Crippen molar-refractivity contribution in [2.24, 2.45) is 0 Å². The summed E-state index contributed by atoms with van der Waals surface area (Å²) in [6, 6.07) is 5.76. The van der Waals surface area contributed by atoms with Crippen LogP contribution in [0.3, 0.4) is 0 Å². The van der Waals surface area contributed by atoms with Crippen LogP contribution in [0.25, 0.3) is 11.3 Å². The highest BCUT2D eigenvalue weighted by molar-refractivity contribution is 5.75. The van der Waals surface area contributed by atoms with E-state index >= 15 is 0 Å². The van der Waals surface area contributed by atoms with Gasteiger partial charge in [-0.2, -0.15) is 0 Å². The molecule has 0 radical (unpaired) electrons. The Morgan fingerprint density at radius 2 is 1.94 bits per heavy atom. The van der Waals surface area contributed by atoms with E-state index in [-0.39, 0.29) is 5.78 Å². The summed E-state index contributed by atoms with van der Waals surface area (Å²) < 4.78 is 0. The van der Waals surface area contributed by atoms with Gasteiger partial charge in [0.1, 0.15) is 11.6 Å². The predicted molar refractivity (Wildman–Crippen MR) is 69.0 cm³/mol. The molecule has 0 amide bonds. The molecule has 2 heterocycles. The van der Waals surface area contributed by atoms with Crippen molar-refractivity contribution in [3.05, 3.63) is 42.1 Å². The molecule has 0 saturated heterocycles. The highest BCUT2D eigenvalue weighted by Gasteiger charge is 2.05. The van der Waals surface area contributed by atoms with Crippen LogP contribution in [0, 0.1) is 6.92 Å². The molecule has 0 aliphatic carbocycles. The molecular formula is C14H15N3O. The van der Waals surface area contributed by atoms with Crippen LogP contribution in [0.1, 0.15) is 24.9 Å². The fraction of sp³-hybridized carbons (Fsp3) is 0.286. The first kappa shape index (κ1) is 12.4. The average molecular weight is 241 g/mol. The summed E-state index contributed by atoms with van der Waals surface area (Å²) in [7, 11) is 0. The van der Waals surface area contributed by atoms with Crippen LogP contribution in [0.2, 0.25) is 0 Å². The van der Waals surface area contributed by atoms with Gasteiger partial charge in [0.25, 0.3) is 0 Å². The van der Waals surface area contributed by atoms with Crippen molar-refractivity contribution in [3.63, 3.8) is 0 Å². The summed E-state index contributed by atoms with van der Waals surface area (Å²) >= 11 is 0. The molecule has 0 unspecified atom stereocenters. The third-order valence-corrected chi connectivity index (χ3v) is 2.58. The normalized spacial score (nSPS) is 10.3. The Morgan fingerprint density at radius 1 is 1.22 bits per heavy atom. The van der Waals surface area contributed by atoms with Crippen LogP contribution in [0.5, 0.6) is 0 Å². The minimum Gasteiger partial charge on any atom is -0.300 e. The summed E-state index contributed by atoms with van der Waals surface area (Å²) in [6.45, 7) is 3.52. The lowest BCUT2D eigenvalue weighted by molar-refractivity contribution is -0.117. The Kier molecular flexibility index (Phi) is 3.77. The summed E-state index contributed by atoms with van der Waals surface area (Å²) in [6.07, 6.45) is 4.55. The van der Waals surface area contributed by atoms with Gasteiger partial charge in [0.15, 0.2) is 0 Å². The molecule has 0 spiro atoms. The number of carbonyl (C=O) groups is 1. The largest absolute Gasteiger partial charge is 0.300 e. The number of ketones is 1. The maximum absolute atomic E-state index is 11.0. The monoisotopic (exact) mass is 241 g/mol. The van der Waals surface area contributed by atoms with Gasteiger partial charge in [-0.1, -0.05) is 0 Å². The molecule has 4 nitrogen and oxygen atoms in total. The van der Waals surface area contributed by atoms with Gasteiger partial charge in [0.2, 0.25) is 0 Å². The van der Waals surface area contributed by atoms with Gasteiger partial charge in [-0.25, -0.2) is 9.97 Å². The number of hydrogen-bond acceptors (Lipinski definition) is 4. The highest BCUT2D eigenvalue weighted by atomic mass is 16.1. The van der Waals surface area contributed by atoms with Crippen molar-refractivity contribution in [1.29, 1.82) is 0 Å². The molecule has 0 N–H and O–H groups in total. The molecule has 0 aliphatic rings. The number of aryl methyl sites for hydroxylation is 2. The second-order valence-electron chi connectivity index (χ2n) is 4.25. The van der Waals surface area contributed by atoms with Crippen LogP contribution >= 0.6 is 0 Å². The van der Waals surface area contributed by atoms with Gasteiger partial charge in [-0.15, -0.1) is 0 Å². The first-order valence-electron chi connectivity index (χ1n) is 5.89. The number of carbonyl (C=O) groups excluding carboxylic acids is 1. The van der Waals surface area contributed by atoms with E-state index in [0.717, 1.165) is 22.8 Å². The Labute approximate surface area is 106 Å². The molecule has 2 aromatic rings. The van der Waals surface area contributed by atoms with E-state index in [9.17, 15) is 4.79 Å². The van der Waals surface area contributed by atoms with E-state index in [1.54, 1.807) is 19.3 Å². The zero-order chi connectivity index (χ0) is 13.0. The molecule has 92 valence electrons. The summed E-state index contributed by atoms with van der Waals surface area (Å²) in [5.74, 6) is 0.877. The average Bonchev–Trinajstić information content (AvgIpc) is 2.37. The topological polar surface area (TPSA) is 55.7 Å². The number of nitrogens with zero attached hydrogens (tertiary/aromatic N) is 3. The van der Waals surface area contributed by atoms with Crippen LogP contribution in [-0.2, 0) is 11.2 Å². The summed E-state index contributed by atoms with van der Waals surface area (Å²) in [4.78, 5) is 23.8. The molecule has 0 saturated carbocycles. The van der Waals surface area contributed by atoms with Crippen molar-refractivity contribution >= 4 is 5.78 Å². The Balaban J connectivity index is 2.29. The number of rotatable bonds is 4. The molecule has 0 atom stereocenters. The summed E-state index contributed by atoms with van der Waals surface area (Å²) in [5.41, 5.74) is 2.80. The van der Waals surface area contributed by atoms with E-state index in [1.165, 1.54) is 0 Å². The van der Waals surface area contributed by atoms with Crippen molar-refractivity contribution in [2.45, 2.75) is 26.7 Å². The second-order valence-corrected chi connectivity index (χ2v) is 4.25. The Hall–Kier alpha value is -2.10. The molecule has 2 aromatic heterocycles. The van der Waals surface area contributed by atoms with Gasteiger partial charge in [-0.3, -0.25) is 4.98 Å². The fourth-order valence-corrected chi connectivity index (χ4v) is 1.70. The van der Waals surface area contributed by atoms with Crippen LogP contribution in [0.4, 0.5) is 0 Å². The summed E-state index contributed by atoms with van der Waals surface area (Å²) in [5, 5.41) is 0. The van der Waals surface area contributed by atoms with Crippen molar-refractivity contribution in [3.8, 4) is 11.3 Å². The predicted octanol–water partition coefficient (Wildman–Crippen LogP) is 2.37. The fourth-order valence-electron chi connectivity index (χ4n) is 1.70. The molecular weight excluding hydrogens is 226 g/mol. The lowest BCUT2D eigenvalue weighted by atomic mass is 10.1. The standard InChI is InChI=1S/C14H15N3O/c1-10-9-13(12-5-7-15-8-6-12)17-14(16-10)4-3-11(2)18/h5-9H,3-4H2,1-2H3. The van der Waals surface area contributed by atoms with Crippen molar-refractivity contribution in [1.82, 2.24) is 15.0 Å². The molecule has 0 fully saturated rings. The van der Waals surface area contributed by atoms with Gasteiger partial charge in [0.05, 0.1) is 5.69 Å². The van der Waals surface area contributed by atoms with Gasteiger partial charge < -0.3 is 4.79 Å². The van der Waals surface area contributed by atoms with Crippen molar-refractivity contribution in [2.75, 3.05) is 0 Å². The third kappa shape index (κ3) is 3.20. The van der Waals surface area contributed by atoms with Crippen molar-refractivity contribution < 1.29 is 4.79 Å². The highest BCUT2D eigenvalue weighted by Crippen LogP contribution is 2.16. The Bertz CT molecular complexity index is 552. The minimum atomic E-state index is 0.158. The number of pyridine rings is 1. The smallest absolute Gasteiger partial charge is 0.130 e. The number of aromatic nitrogens is 3. The minimum absolute atomic E-state index is 0.158. The van der Waals surface area contributed by atoms with Gasteiger partial charge >= 0.3 is 0 Å². The van der Waals surface area contributed by atoms with Gasteiger partial charge in [0, 0.05) is 36.5 Å². The van der Waals surface area contributed by atoms with E-state index in [0.29, 0.717) is 12.8 Å². The second kappa shape index (κ2) is 5.49. The number of Topliss-reactive ketones (excluding diaryl/α,β-unsaturated/α-hetero) is 1. The molecule has 0 aliphatic heterocycles. The van der Waals surface area contributed by atoms with Crippen LogP contribution < -0.4 is 0 Å². The zero-order valence-electron chi connectivity index (χ0n) is 10.6. The van der Waals surface area contributed by atoms with Crippen LogP contribution in [-0.4, -0.2) is 20.7 Å². The lowest BCUT2D eigenvalue weighted by Gasteiger charge is -2.05. The lowest BCUT2D eigenvalue weighted by Crippen LogP contribution is -2.02. The zero-order valence-corrected chi connectivity index (χ0v) is 10.6. The molecule has 4 heteroatoms. The molecule has 18 heavy (non-hydrogen) atoms. The van der Waals surface area contributed by atoms with E-state index < -0.39 is 0 Å². The van der Waals surface area contributed by atoms with E-state index in [2.05, 4.69) is 15.0 Å². The third-order valence-electron chi connectivity index (χ3n) is 2.58.